The quantitative estimate of drug-likeness (QED) is 0.631. The van der Waals surface area contributed by atoms with Gasteiger partial charge in [0.05, 0.1) is 10.6 Å². The number of benzene rings is 2. The second-order valence-corrected chi connectivity index (χ2v) is 5.67. The molecule has 0 atom stereocenters. The standard InChI is InChI=1S/C16H11Cl3N2O2/c17-11-7-5-10(14(19)9-11)6-8-15(22)20-21-16(23)12-3-1-2-4-13(12)18/h1-9H,(H,20,22)(H,21,23)/b8-6+. The molecule has 23 heavy (non-hydrogen) atoms. The Kier molecular flexibility index (Phi) is 6.04. The second-order valence-electron chi connectivity index (χ2n) is 4.42. The number of carbonyl (C=O) groups excluding carboxylic acids is 2. The molecule has 118 valence electrons. The molecular weight excluding hydrogens is 359 g/mol. The Bertz CT molecular complexity index is 776. The lowest BCUT2D eigenvalue weighted by molar-refractivity contribution is -0.117. The first-order valence-corrected chi connectivity index (χ1v) is 7.59. The van der Waals surface area contributed by atoms with Gasteiger partial charge in [-0.2, -0.15) is 0 Å². The largest absolute Gasteiger partial charge is 0.271 e. The third-order valence-electron chi connectivity index (χ3n) is 2.79. The first-order valence-electron chi connectivity index (χ1n) is 6.45. The van der Waals surface area contributed by atoms with E-state index in [1.165, 1.54) is 12.2 Å². The van der Waals surface area contributed by atoms with Gasteiger partial charge in [0.15, 0.2) is 0 Å². The summed E-state index contributed by atoms with van der Waals surface area (Å²) in [6.45, 7) is 0. The maximum Gasteiger partial charge on any atom is 0.271 e. The molecule has 0 saturated carbocycles. The summed E-state index contributed by atoms with van der Waals surface area (Å²) in [4.78, 5) is 23.6. The van der Waals surface area contributed by atoms with Gasteiger partial charge >= 0.3 is 0 Å². The highest BCUT2D eigenvalue weighted by molar-refractivity contribution is 6.35. The number of rotatable bonds is 3. The van der Waals surface area contributed by atoms with Gasteiger partial charge in [0.1, 0.15) is 0 Å². The van der Waals surface area contributed by atoms with E-state index in [2.05, 4.69) is 10.9 Å². The van der Waals surface area contributed by atoms with Crippen LogP contribution in [0.25, 0.3) is 6.08 Å². The van der Waals surface area contributed by atoms with Crippen molar-refractivity contribution in [3.8, 4) is 0 Å². The first-order chi connectivity index (χ1) is 11.0. The molecule has 0 radical (unpaired) electrons. The number of hydrazine groups is 1. The van der Waals surface area contributed by atoms with E-state index in [1.54, 1.807) is 42.5 Å². The molecule has 2 aromatic carbocycles. The smallest absolute Gasteiger partial charge is 0.268 e. The highest BCUT2D eigenvalue weighted by Gasteiger charge is 2.09. The van der Waals surface area contributed by atoms with Gasteiger partial charge < -0.3 is 0 Å². The fourth-order valence-corrected chi connectivity index (χ4v) is 2.37. The Balaban J connectivity index is 1.94. The SMILES string of the molecule is O=C(/C=C/c1ccc(Cl)cc1Cl)NNC(=O)c1ccccc1Cl. The normalized spacial score (nSPS) is 10.6. The molecule has 2 rings (SSSR count). The van der Waals surface area contributed by atoms with Crippen LogP contribution in [0.4, 0.5) is 0 Å². The van der Waals surface area contributed by atoms with Crippen molar-refractivity contribution in [1.82, 2.24) is 10.9 Å². The third kappa shape index (κ3) is 4.99. The molecule has 0 heterocycles. The highest BCUT2D eigenvalue weighted by atomic mass is 35.5. The third-order valence-corrected chi connectivity index (χ3v) is 3.69. The first kappa shape index (κ1) is 17.3. The fourth-order valence-electron chi connectivity index (χ4n) is 1.67. The molecule has 2 amide bonds. The van der Waals surface area contributed by atoms with E-state index in [0.29, 0.717) is 20.6 Å². The van der Waals surface area contributed by atoms with Gasteiger partial charge in [-0.15, -0.1) is 0 Å². The minimum atomic E-state index is -0.517. The molecule has 7 heteroatoms. The summed E-state index contributed by atoms with van der Waals surface area (Å²) in [6, 6.07) is 11.4. The predicted octanol–water partition coefficient (Wildman–Crippen LogP) is 4.12. The van der Waals surface area contributed by atoms with Crippen molar-refractivity contribution in [3.05, 3.63) is 74.7 Å². The number of amides is 2. The lowest BCUT2D eigenvalue weighted by Gasteiger charge is -2.06. The van der Waals surface area contributed by atoms with E-state index in [-0.39, 0.29) is 5.56 Å². The fraction of sp³-hybridized carbons (Fsp3) is 0. The zero-order chi connectivity index (χ0) is 16.8. The molecule has 0 spiro atoms. The zero-order valence-corrected chi connectivity index (χ0v) is 13.9. The molecule has 0 fully saturated rings. The van der Waals surface area contributed by atoms with Crippen LogP contribution in [0.3, 0.4) is 0 Å². The van der Waals surface area contributed by atoms with E-state index in [1.807, 2.05) is 0 Å². The Labute approximate surface area is 148 Å². The Morgan fingerprint density at radius 2 is 1.65 bits per heavy atom. The summed E-state index contributed by atoms with van der Waals surface area (Å²) in [5.41, 5.74) is 5.42. The minimum Gasteiger partial charge on any atom is -0.268 e. The van der Waals surface area contributed by atoms with Crippen LogP contribution in [0.1, 0.15) is 15.9 Å². The number of hydrogen-bond donors (Lipinski definition) is 2. The summed E-state index contributed by atoms with van der Waals surface area (Å²) >= 11 is 17.7. The maximum atomic E-state index is 11.9. The molecule has 0 unspecified atom stereocenters. The van der Waals surface area contributed by atoms with Gasteiger partial charge in [-0.1, -0.05) is 53.0 Å². The van der Waals surface area contributed by atoms with Gasteiger partial charge in [0, 0.05) is 16.1 Å². The molecule has 2 N–H and O–H groups in total. The lowest BCUT2D eigenvalue weighted by atomic mass is 10.2. The number of halogens is 3. The lowest BCUT2D eigenvalue weighted by Crippen LogP contribution is -2.40. The van der Waals surface area contributed by atoms with Gasteiger partial charge in [0.2, 0.25) is 0 Å². The van der Waals surface area contributed by atoms with Gasteiger partial charge in [-0.25, -0.2) is 0 Å². The van der Waals surface area contributed by atoms with Crippen molar-refractivity contribution in [3.63, 3.8) is 0 Å². The summed E-state index contributed by atoms with van der Waals surface area (Å²) in [7, 11) is 0. The summed E-state index contributed by atoms with van der Waals surface area (Å²) < 4.78 is 0. The van der Waals surface area contributed by atoms with Crippen molar-refractivity contribution in [2.75, 3.05) is 0 Å². The highest BCUT2D eigenvalue weighted by Crippen LogP contribution is 2.21. The van der Waals surface area contributed by atoms with Crippen LogP contribution in [0.5, 0.6) is 0 Å². The molecule has 0 aliphatic carbocycles. The number of hydrogen-bond acceptors (Lipinski definition) is 2. The van der Waals surface area contributed by atoms with E-state index >= 15 is 0 Å². The topological polar surface area (TPSA) is 58.2 Å². The summed E-state index contributed by atoms with van der Waals surface area (Å²) in [5.74, 6) is -1.03. The molecule has 4 nitrogen and oxygen atoms in total. The Morgan fingerprint density at radius 3 is 2.35 bits per heavy atom. The molecule has 0 saturated heterocycles. The summed E-state index contributed by atoms with van der Waals surface area (Å²) in [5, 5.41) is 1.22. The van der Waals surface area contributed by atoms with Gasteiger partial charge in [-0.05, 0) is 35.9 Å². The monoisotopic (exact) mass is 368 g/mol. The zero-order valence-electron chi connectivity index (χ0n) is 11.6. The average Bonchev–Trinajstić information content (AvgIpc) is 2.52. The van der Waals surface area contributed by atoms with Crippen LogP contribution in [0.15, 0.2) is 48.5 Å². The van der Waals surface area contributed by atoms with Crippen LogP contribution in [-0.2, 0) is 4.79 Å². The minimum absolute atomic E-state index is 0.263. The van der Waals surface area contributed by atoms with Crippen LogP contribution >= 0.6 is 34.8 Å². The van der Waals surface area contributed by atoms with Crippen LogP contribution in [-0.4, -0.2) is 11.8 Å². The van der Waals surface area contributed by atoms with Crippen molar-refractivity contribution in [2.24, 2.45) is 0 Å². The van der Waals surface area contributed by atoms with Crippen LogP contribution in [0.2, 0.25) is 15.1 Å². The average molecular weight is 370 g/mol. The molecule has 0 bridgehead atoms. The van der Waals surface area contributed by atoms with Crippen LogP contribution in [0, 0.1) is 0 Å². The van der Waals surface area contributed by atoms with Crippen molar-refractivity contribution in [2.45, 2.75) is 0 Å². The van der Waals surface area contributed by atoms with Crippen molar-refractivity contribution < 1.29 is 9.59 Å². The number of nitrogens with one attached hydrogen (secondary N) is 2. The van der Waals surface area contributed by atoms with Crippen molar-refractivity contribution in [1.29, 1.82) is 0 Å². The van der Waals surface area contributed by atoms with E-state index in [4.69, 9.17) is 34.8 Å². The molecule has 0 aliphatic heterocycles. The molecule has 0 aliphatic rings. The van der Waals surface area contributed by atoms with Crippen molar-refractivity contribution >= 4 is 52.7 Å². The molecule has 0 aromatic heterocycles. The summed E-state index contributed by atoms with van der Waals surface area (Å²) in [6.07, 6.45) is 2.75. The van der Waals surface area contributed by atoms with Crippen LogP contribution < -0.4 is 10.9 Å². The maximum absolute atomic E-state index is 11.9. The van der Waals surface area contributed by atoms with Gasteiger partial charge in [-0.3, -0.25) is 20.4 Å². The predicted molar refractivity (Wildman–Crippen MR) is 92.6 cm³/mol. The van der Waals surface area contributed by atoms with E-state index in [0.717, 1.165) is 0 Å². The van der Waals surface area contributed by atoms with E-state index < -0.39 is 11.8 Å². The van der Waals surface area contributed by atoms with E-state index in [9.17, 15) is 9.59 Å². The molecular formula is C16H11Cl3N2O2. The Hall–Kier alpha value is -2.01. The second kappa shape index (κ2) is 8.02. The van der Waals surface area contributed by atoms with Gasteiger partial charge in [0.25, 0.3) is 11.8 Å². The Morgan fingerprint density at radius 1 is 0.913 bits per heavy atom. The number of carbonyl (C=O) groups is 2. The molecule has 2 aromatic rings.